The molecule has 0 spiro atoms. The van der Waals surface area contributed by atoms with Crippen molar-refractivity contribution in [2.75, 3.05) is 6.61 Å². The molecule has 1 atom stereocenters. The second kappa shape index (κ2) is 6.75. The predicted molar refractivity (Wildman–Crippen MR) is 78.8 cm³/mol. The van der Waals surface area contributed by atoms with Gasteiger partial charge in [0, 0.05) is 0 Å². The third-order valence-electron chi connectivity index (χ3n) is 3.32. The van der Waals surface area contributed by atoms with Gasteiger partial charge in [0.2, 0.25) is 0 Å². The maximum absolute atomic E-state index is 5.84. The smallest absolute Gasteiger partial charge is 0.0653 e. The molecule has 0 aliphatic heterocycles. The Kier molecular flexibility index (Phi) is 5.61. The minimum atomic E-state index is 0.242. The number of rotatable bonds is 5. The van der Waals surface area contributed by atoms with Gasteiger partial charge in [0.1, 0.15) is 0 Å². The van der Waals surface area contributed by atoms with E-state index in [0.29, 0.717) is 6.61 Å². The molecular formula is C17H26O. The van der Waals surface area contributed by atoms with E-state index in [1.165, 1.54) is 11.1 Å². The molecule has 0 amide bonds. The van der Waals surface area contributed by atoms with E-state index in [2.05, 4.69) is 65.0 Å². The molecule has 1 aromatic rings. The van der Waals surface area contributed by atoms with Crippen LogP contribution in [0.15, 0.2) is 42.0 Å². The van der Waals surface area contributed by atoms with Crippen molar-refractivity contribution in [1.82, 2.24) is 0 Å². The molecule has 1 rings (SSSR count). The van der Waals surface area contributed by atoms with E-state index in [1.807, 2.05) is 6.07 Å². The zero-order valence-corrected chi connectivity index (χ0v) is 12.4. The summed E-state index contributed by atoms with van der Waals surface area (Å²) in [5.41, 5.74) is 2.96. The van der Waals surface area contributed by atoms with E-state index in [1.54, 1.807) is 0 Å². The summed E-state index contributed by atoms with van der Waals surface area (Å²) < 4.78 is 5.84. The van der Waals surface area contributed by atoms with Crippen molar-refractivity contribution in [3.8, 4) is 0 Å². The summed E-state index contributed by atoms with van der Waals surface area (Å²) in [5.74, 6) is 0. The van der Waals surface area contributed by atoms with Gasteiger partial charge in [-0.1, -0.05) is 62.8 Å². The molecule has 0 bridgehead atoms. The van der Waals surface area contributed by atoms with Gasteiger partial charge >= 0.3 is 0 Å². The van der Waals surface area contributed by atoms with Crippen LogP contribution in [0, 0.1) is 5.41 Å². The highest BCUT2D eigenvalue weighted by molar-refractivity contribution is 5.15. The zero-order chi connectivity index (χ0) is 13.6. The second-order valence-electron chi connectivity index (χ2n) is 5.97. The van der Waals surface area contributed by atoms with Crippen LogP contribution < -0.4 is 0 Å². The summed E-state index contributed by atoms with van der Waals surface area (Å²) in [6.45, 7) is 11.7. The molecule has 1 heteroatoms. The fraction of sp³-hybridized carbons (Fsp3) is 0.529. The molecule has 0 heterocycles. The summed E-state index contributed by atoms with van der Waals surface area (Å²) in [6.07, 6.45) is 3.43. The number of hydrogen-bond donors (Lipinski definition) is 0. The van der Waals surface area contributed by atoms with Gasteiger partial charge in [-0.2, -0.15) is 0 Å². The molecule has 100 valence electrons. The Morgan fingerprint density at radius 1 is 1.22 bits per heavy atom. The molecule has 0 fully saturated rings. The number of benzene rings is 1. The maximum atomic E-state index is 5.84. The number of allylic oxidation sites excluding steroid dienone is 1. The lowest BCUT2D eigenvalue weighted by atomic mass is 9.87. The van der Waals surface area contributed by atoms with Crippen molar-refractivity contribution >= 4 is 0 Å². The monoisotopic (exact) mass is 246 g/mol. The van der Waals surface area contributed by atoms with Gasteiger partial charge in [-0.05, 0) is 31.2 Å². The van der Waals surface area contributed by atoms with E-state index in [9.17, 15) is 0 Å². The third kappa shape index (κ3) is 5.50. The van der Waals surface area contributed by atoms with E-state index in [0.717, 1.165) is 6.42 Å². The Balaban J connectivity index is 2.36. The molecular weight excluding hydrogens is 220 g/mol. The Morgan fingerprint density at radius 2 is 1.83 bits per heavy atom. The Hall–Kier alpha value is -1.08. The van der Waals surface area contributed by atoms with Crippen molar-refractivity contribution in [1.29, 1.82) is 0 Å². The Labute approximate surface area is 112 Å². The predicted octanol–water partition coefficient (Wildman–Crippen LogP) is 4.63. The molecule has 0 N–H and O–H groups in total. The van der Waals surface area contributed by atoms with E-state index >= 15 is 0 Å². The van der Waals surface area contributed by atoms with Crippen LogP contribution in [0.1, 0.15) is 40.2 Å². The normalized spacial score (nSPS) is 14.6. The van der Waals surface area contributed by atoms with E-state index in [-0.39, 0.29) is 11.5 Å². The summed E-state index contributed by atoms with van der Waals surface area (Å²) in [5, 5.41) is 0. The minimum absolute atomic E-state index is 0.242. The van der Waals surface area contributed by atoms with Gasteiger partial charge in [0.15, 0.2) is 0 Å². The van der Waals surface area contributed by atoms with E-state index in [4.69, 9.17) is 4.74 Å². The molecule has 1 unspecified atom stereocenters. The van der Waals surface area contributed by atoms with Crippen molar-refractivity contribution in [2.45, 2.75) is 47.1 Å². The van der Waals surface area contributed by atoms with Crippen LogP contribution in [0.5, 0.6) is 0 Å². The van der Waals surface area contributed by atoms with Crippen LogP contribution in [0.2, 0.25) is 0 Å². The van der Waals surface area contributed by atoms with Gasteiger partial charge in [0.05, 0.1) is 12.7 Å². The molecule has 0 aliphatic carbocycles. The highest BCUT2D eigenvalue weighted by Gasteiger charge is 2.12. The first-order chi connectivity index (χ1) is 8.39. The van der Waals surface area contributed by atoms with Gasteiger partial charge in [0.25, 0.3) is 0 Å². The average molecular weight is 246 g/mol. The van der Waals surface area contributed by atoms with Crippen LogP contribution in [0.3, 0.4) is 0 Å². The highest BCUT2D eigenvalue weighted by atomic mass is 16.5. The van der Waals surface area contributed by atoms with Gasteiger partial charge in [-0.3, -0.25) is 0 Å². The van der Waals surface area contributed by atoms with Crippen LogP contribution in [-0.4, -0.2) is 12.7 Å². The zero-order valence-electron chi connectivity index (χ0n) is 12.4. The van der Waals surface area contributed by atoms with Crippen molar-refractivity contribution in [3.63, 3.8) is 0 Å². The summed E-state index contributed by atoms with van der Waals surface area (Å²) in [6, 6.07) is 10.5. The number of ether oxygens (including phenoxy) is 1. The summed E-state index contributed by atoms with van der Waals surface area (Å²) in [4.78, 5) is 0. The molecule has 0 radical (unpaired) electrons. The van der Waals surface area contributed by atoms with Crippen LogP contribution in [-0.2, 0) is 11.2 Å². The molecule has 0 aromatic heterocycles. The van der Waals surface area contributed by atoms with Crippen LogP contribution >= 0.6 is 0 Å². The Morgan fingerprint density at radius 3 is 2.39 bits per heavy atom. The Bertz CT molecular complexity index is 370. The van der Waals surface area contributed by atoms with Crippen LogP contribution in [0.4, 0.5) is 0 Å². The number of hydrogen-bond acceptors (Lipinski definition) is 1. The van der Waals surface area contributed by atoms with Crippen molar-refractivity contribution < 1.29 is 4.74 Å². The first-order valence-electron chi connectivity index (χ1n) is 6.72. The topological polar surface area (TPSA) is 9.23 Å². The third-order valence-corrected chi connectivity index (χ3v) is 3.32. The van der Waals surface area contributed by atoms with Gasteiger partial charge < -0.3 is 4.74 Å². The summed E-state index contributed by atoms with van der Waals surface area (Å²) in [7, 11) is 0. The largest absolute Gasteiger partial charge is 0.374 e. The van der Waals surface area contributed by atoms with Crippen LogP contribution in [0.25, 0.3) is 0 Å². The average Bonchev–Trinajstić information content (AvgIpc) is 2.28. The molecule has 0 aliphatic rings. The lowest BCUT2D eigenvalue weighted by Gasteiger charge is -2.20. The second-order valence-corrected chi connectivity index (χ2v) is 5.97. The first-order valence-corrected chi connectivity index (χ1v) is 6.72. The van der Waals surface area contributed by atoms with Crippen molar-refractivity contribution in [3.05, 3.63) is 47.5 Å². The summed E-state index contributed by atoms with van der Waals surface area (Å²) >= 11 is 0. The maximum Gasteiger partial charge on any atom is 0.0653 e. The molecule has 18 heavy (non-hydrogen) atoms. The first kappa shape index (κ1) is 15.0. The quantitative estimate of drug-likeness (QED) is 0.688. The molecule has 0 saturated heterocycles. The van der Waals surface area contributed by atoms with E-state index < -0.39 is 0 Å². The lowest BCUT2D eigenvalue weighted by molar-refractivity contribution is 0.0879. The van der Waals surface area contributed by atoms with Gasteiger partial charge in [-0.25, -0.2) is 0 Å². The van der Waals surface area contributed by atoms with Gasteiger partial charge in [-0.15, -0.1) is 0 Å². The SMILES string of the molecule is C/C(=C\COC(C)Cc1ccccc1)C(C)(C)C. The fourth-order valence-electron chi connectivity index (χ4n) is 1.65. The highest BCUT2D eigenvalue weighted by Crippen LogP contribution is 2.24. The minimum Gasteiger partial charge on any atom is -0.374 e. The molecule has 1 nitrogen and oxygen atoms in total. The standard InChI is InChI=1S/C17H26O/c1-14(17(3,4)5)11-12-18-15(2)13-16-9-7-6-8-10-16/h6-11,15H,12-13H2,1-5H3/b14-11+. The molecule has 0 saturated carbocycles. The lowest BCUT2D eigenvalue weighted by Crippen LogP contribution is -2.13. The van der Waals surface area contributed by atoms with Crippen molar-refractivity contribution in [2.24, 2.45) is 5.41 Å². The fourth-order valence-corrected chi connectivity index (χ4v) is 1.65. The molecule has 1 aromatic carbocycles.